The molecule has 0 atom stereocenters. The van der Waals surface area contributed by atoms with Gasteiger partial charge in [-0.05, 0) is 21.5 Å². The molecule has 0 fully saturated rings. The molecule has 3 nitrogen and oxygen atoms in total. The molecule has 74 valence electrons. The van der Waals surface area contributed by atoms with Gasteiger partial charge >= 0.3 is 0 Å². The molecule has 1 rings (SSSR count). The van der Waals surface area contributed by atoms with Crippen LogP contribution in [0, 0.1) is 11.3 Å². The van der Waals surface area contributed by atoms with E-state index in [0.29, 0.717) is 4.47 Å². The smallest absolute Gasteiger partial charge is 0.267 e. The molecule has 0 aliphatic heterocycles. The number of anilines is 1. The van der Waals surface area contributed by atoms with Gasteiger partial charge < -0.3 is 5.73 Å². The van der Waals surface area contributed by atoms with Crippen LogP contribution in [0.15, 0.2) is 10.7 Å². The number of nitrogen functional groups attached to an aromatic ring is 1. The Morgan fingerprint density at radius 3 is 2.79 bits per heavy atom. The fourth-order valence-electron chi connectivity index (χ4n) is 1.06. The molecule has 0 aliphatic rings. The van der Waals surface area contributed by atoms with Crippen LogP contribution in [0.5, 0.6) is 0 Å². The first-order valence-corrected chi connectivity index (χ1v) is 4.45. The zero-order valence-electron chi connectivity index (χ0n) is 6.97. The van der Waals surface area contributed by atoms with Crippen molar-refractivity contribution in [3.05, 3.63) is 21.8 Å². The number of nitriles is 1. The second-order valence-corrected chi connectivity index (χ2v) is 3.37. The van der Waals surface area contributed by atoms with Crippen LogP contribution in [-0.2, 0) is 6.42 Å². The normalized spacial score (nSPS) is 10.2. The summed E-state index contributed by atoms with van der Waals surface area (Å²) in [5.74, 6) is -0.228. The molecule has 2 N–H and O–H groups in total. The molecule has 1 aromatic rings. The summed E-state index contributed by atoms with van der Waals surface area (Å²) in [7, 11) is 0. The van der Waals surface area contributed by atoms with Crippen LogP contribution in [0.4, 0.5) is 14.6 Å². The minimum absolute atomic E-state index is 0.118. The number of pyridine rings is 1. The summed E-state index contributed by atoms with van der Waals surface area (Å²) < 4.78 is 25.5. The van der Waals surface area contributed by atoms with Crippen LogP contribution < -0.4 is 5.73 Å². The van der Waals surface area contributed by atoms with Gasteiger partial charge in [-0.2, -0.15) is 5.26 Å². The van der Waals surface area contributed by atoms with Gasteiger partial charge in [0.05, 0.1) is 18.1 Å². The molecule has 0 spiro atoms. The molecule has 1 aromatic heterocycles. The highest BCUT2D eigenvalue weighted by molar-refractivity contribution is 9.10. The van der Waals surface area contributed by atoms with Crippen LogP contribution in [-0.4, -0.2) is 4.98 Å². The average molecular weight is 262 g/mol. The average Bonchev–Trinajstić information content (AvgIpc) is 2.11. The number of hydrogen-bond acceptors (Lipinski definition) is 3. The summed E-state index contributed by atoms with van der Waals surface area (Å²) in [5.41, 5.74) is 5.14. The molecular formula is C8H6BrF2N3. The standard InChI is InChI=1S/C8H6BrF2N3/c9-5-3-14-8(13)6(7(10)11)4(5)1-2-12/h3,7H,1H2,(H2,13,14). The largest absolute Gasteiger partial charge is 0.383 e. The molecule has 0 saturated carbocycles. The van der Waals surface area contributed by atoms with E-state index in [1.807, 2.05) is 0 Å². The molecule has 0 aliphatic carbocycles. The molecule has 0 saturated heterocycles. The fourth-order valence-corrected chi connectivity index (χ4v) is 1.52. The third-order valence-corrected chi connectivity index (χ3v) is 2.36. The second kappa shape index (κ2) is 4.33. The van der Waals surface area contributed by atoms with E-state index in [1.54, 1.807) is 6.07 Å². The van der Waals surface area contributed by atoms with Crippen molar-refractivity contribution in [2.24, 2.45) is 0 Å². The Balaban J connectivity index is 3.35. The maximum atomic E-state index is 12.5. The van der Waals surface area contributed by atoms with E-state index in [2.05, 4.69) is 20.9 Å². The van der Waals surface area contributed by atoms with Gasteiger partial charge in [0.2, 0.25) is 0 Å². The van der Waals surface area contributed by atoms with E-state index in [1.165, 1.54) is 6.20 Å². The lowest BCUT2D eigenvalue weighted by atomic mass is 10.1. The van der Waals surface area contributed by atoms with E-state index in [0.717, 1.165) is 0 Å². The predicted octanol–water partition coefficient (Wildman–Crippen LogP) is 2.43. The summed E-state index contributed by atoms with van der Waals surface area (Å²) in [6.07, 6.45) is -1.52. The lowest BCUT2D eigenvalue weighted by Crippen LogP contribution is -2.04. The maximum Gasteiger partial charge on any atom is 0.267 e. The summed E-state index contributed by atoms with van der Waals surface area (Å²) >= 11 is 3.05. The van der Waals surface area contributed by atoms with Gasteiger partial charge in [-0.25, -0.2) is 13.8 Å². The van der Waals surface area contributed by atoms with Crippen LogP contribution in [0.25, 0.3) is 0 Å². The minimum atomic E-state index is -2.72. The molecule has 0 radical (unpaired) electrons. The van der Waals surface area contributed by atoms with Gasteiger partial charge in [-0.15, -0.1) is 0 Å². The Bertz CT molecular complexity index is 387. The Morgan fingerprint density at radius 2 is 2.29 bits per heavy atom. The van der Waals surface area contributed by atoms with Crippen molar-refractivity contribution < 1.29 is 8.78 Å². The first-order valence-electron chi connectivity index (χ1n) is 3.65. The maximum absolute atomic E-state index is 12.5. The lowest BCUT2D eigenvalue weighted by molar-refractivity contribution is 0.151. The predicted molar refractivity (Wildman–Crippen MR) is 50.6 cm³/mol. The quantitative estimate of drug-likeness (QED) is 0.890. The SMILES string of the molecule is N#CCc1c(Br)cnc(N)c1C(F)F. The molecular weight excluding hydrogens is 256 g/mol. The number of rotatable bonds is 2. The Kier molecular flexibility index (Phi) is 3.36. The topological polar surface area (TPSA) is 62.7 Å². The monoisotopic (exact) mass is 261 g/mol. The molecule has 0 aromatic carbocycles. The lowest BCUT2D eigenvalue weighted by Gasteiger charge is -2.09. The zero-order valence-corrected chi connectivity index (χ0v) is 8.55. The van der Waals surface area contributed by atoms with Gasteiger partial charge in [0, 0.05) is 10.7 Å². The van der Waals surface area contributed by atoms with E-state index in [9.17, 15) is 8.78 Å². The van der Waals surface area contributed by atoms with Crippen molar-refractivity contribution in [2.45, 2.75) is 12.8 Å². The first-order chi connectivity index (χ1) is 6.57. The van der Waals surface area contributed by atoms with Crippen LogP contribution >= 0.6 is 15.9 Å². The second-order valence-electron chi connectivity index (χ2n) is 2.52. The number of alkyl halides is 2. The van der Waals surface area contributed by atoms with Crippen molar-refractivity contribution in [3.63, 3.8) is 0 Å². The minimum Gasteiger partial charge on any atom is -0.383 e. The highest BCUT2D eigenvalue weighted by atomic mass is 79.9. The third-order valence-electron chi connectivity index (χ3n) is 1.68. The summed E-state index contributed by atoms with van der Waals surface area (Å²) in [5, 5.41) is 8.46. The molecule has 14 heavy (non-hydrogen) atoms. The van der Waals surface area contributed by atoms with E-state index < -0.39 is 6.43 Å². The van der Waals surface area contributed by atoms with Crippen molar-refractivity contribution in [3.8, 4) is 6.07 Å². The number of nitrogens with zero attached hydrogens (tertiary/aromatic N) is 2. The molecule has 0 unspecified atom stereocenters. The van der Waals surface area contributed by atoms with E-state index in [-0.39, 0.29) is 23.4 Å². The van der Waals surface area contributed by atoms with Crippen molar-refractivity contribution in [1.29, 1.82) is 5.26 Å². The van der Waals surface area contributed by atoms with Crippen LogP contribution in [0.2, 0.25) is 0 Å². The van der Waals surface area contributed by atoms with Gasteiger partial charge in [0.1, 0.15) is 5.82 Å². The summed E-state index contributed by atoms with van der Waals surface area (Å²) in [6, 6.07) is 1.80. The first kappa shape index (κ1) is 10.9. The Labute approximate surface area is 87.7 Å². The molecule has 0 amide bonds. The Hall–Kier alpha value is -1.22. The van der Waals surface area contributed by atoms with Crippen LogP contribution in [0.1, 0.15) is 17.6 Å². The molecule has 0 bridgehead atoms. The summed E-state index contributed by atoms with van der Waals surface area (Å²) in [6.45, 7) is 0. The molecule has 6 heteroatoms. The van der Waals surface area contributed by atoms with Gasteiger partial charge in [0.15, 0.2) is 0 Å². The number of nitrogens with two attached hydrogens (primary N) is 1. The number of aromatic nitrogens is 1. The van der Waals surface area contributed by atoms with E-state index >= 15 is 0 Å². The highest BCUT2D eigenvalue weighted by Crippen LogP contribution is 2.31. The van der Waals surface area contributed by atoms with Gasteiger partial charge in [-0.3, -0.25) is 0 Å². The van der Waals surface area contributed by atoms with Crippen molar-refractivity contribution in [1.82, 2.24) is 4.98 Å². The number of halogens is 3. The number of hydrogen-bond donors (Lipinski definition) is 1. The zero-order chi connectivity index (χ0) is 10.7. The van der Waals surface area contributed by atoms with Crippen molar-refractivity contribution >= 4 is 21.7 Å². The van der Waals surface area contributed by atoms with Gasteiger partial charge in [-0.1, -0.05) is 0 Å². The fraction of sp³-hybridized carbons (Fsp3) is 0.250. The third kappa shape index (κ3) is 1.99. The van der Waals surface area contributed by atoms with Gasteiger partial charge in [0.25, 0.3) is 6.43 Å². The van der Waals surface area contributed by atoms with Crippen molar-refractivity contribution in [2.75, 3.05) is 5.73 Å². The van der Waals surface area contributed by atoms with Crippen LogP contribution in [0.3, 0.4) is 0 Å². The summed E-state index contributed by atoms with van der Waals surface area (Å²) in [4.78, 5) is 3.58. The Morgan fingerprint density at radius 1 is 1.64 bits per heavy atom. The molecule has 1 heterocycles. The van der Waals surface area contributed by atoms with E-state index in [4.69, 9.17) is 11.0 Å². The highest BCUT2D eigenvalue weighted by Gasteiger charge is 2.19.